The van der Waals surface area contributed by atoms with E-state index in [1.54, 1.807) is 0 Å². The highest BCUT2D eigenvalue weighted by molar-refractivity contribution is 5.83. The van der Waals surface area contributed by atoms with E-state index in [-0.39, 0.29) is 0 Å². The Morgan fingerprint density at radius 3 is 2.58 bits per heavy atom. The van der Waals surface area contributed by atoms with Gasteiger partial charge in [-0.3, -0.25) is 5.84 Å². The molecule has 124 valence electrons. The molecule has 6 nitrogen and oxygen atoms in total. The highest BCUT2D eigenvalue weighted by atomic mass is 15.4. The first kappa shape index (κ1) is 15.0. The summed E-state index contributed by atoms with van der Waals surface area (Å²) in [6.07, 6.45) is 0. The Balaban J connectivity index is 1.67. The van der Waals surface area contributed by atoms with Crippen LogP contribution >= 0.6 is 0 Å². The number of nitrogen functional groups attached to an aromatic ring is 1. The van der Waals surface area contributed by atoms with Crippen LogP contribution in [0.2, 0.25) is 0 Å². The fourth-order valence-corrected chi connectivity index (χ4v) is 3.13. The normalized spacial score (nSPS) is 16.0. The van der Waals surface area contributed by atoms with Gasteiger partial charge in [-0.1, -0.05) is 0 Å². The van der Waals surface area contributed by atoms with Crippen molar-refractivity contribution in [2.45, 2.75) is 6.92 Å². The number of nitrogens with zero attached hydrogens (tertiary/aromatic N) is 3. The van der Waals surface area contributed by atoms with E-state index in [2.05, 4.69) is 34.1 Å². The van der Waals surface area contributed by atoms with Crippen LogP contribution < -0.4 is 16.5 Å². The molecule has 0 bridgehead atoms. The zero-order valence-corrected chi connectivity index (χ0v) is 13.8. The molecule has 1 aliphatic rings. The minimum absolute atomic E-state index is 0.802. The van der Waals surface area contributed by atoms with Crippen molar-refractivity contribution >= 4 is 22.4 Å². The highest BCUT2D eigenvalue weighted by Crippen LogP contribution is 2.26. The minimum atomic E-state index is 0.802. The number of anilines is 2. The molecule has 0 aliphatic carbocycles. The Morgan fingerprint density at radius 2 is 1.83 bits per heavy atom. The summed E-state index contributed by atoms with van der Waals surface area (Å²) in [6.45, 7) is 5.67. The molecule has 1 saturated heterocycles. The van der Waals surface area contributed by atoms with Crippen molar-refractivity contribution < 1.29 is 0 Å². The summed E-state index contributed by atoms with van der Waals surface area (Å²) in [4.78, 5) is 10.5. The first-order valence-electron chi connectivity index (χ1n) is 8.21. The van der Waals surface area contributed by atoms with Crippen LogP contribution in [-0.2, 0) is 0 Å². The Kier molecular flexibility index (Phi) is 3.63. The molecule has 1 aliphatic heterocycles. The van der Waals surface area contributed by atoms with E-state index in [0.717, 1.165) is 59.9 Å². The molecule has 0 atom stereocenters. The van der Waals surface area contributed by atoms with Gasteiger partial charge < -0.3 is 15.6 Å². The minimum Gasteiger partial charge on any atom is -0.399 e. The predicted octanol–water partition coefficient (Wildman–Crippen LogP) is 2.12. The zero-order valence-electron chi connectivity index (χ0n) is 13.8. The van der Waals surface area contributed by atoms with E-state index in [9.17, 15) is 0 Å². The first-order valence-corrected chi connectivity index (χ1v) is 8.21. The quantitative estimate of drug-likeness (QED) is 0.497. The summed E-state index contributed by atoms with van der Waals surface area (Å²) in [7, 11) is 0. The number of nitrogens with two attached hydrogens (primary N) is 2. The van der Waals surface area contributed by atoms with Crippen LogP contribution in [-0.4, -0.2) is 41.2 Å². The number of fused-ring (bicyclic) bond motifs is 1. The third-order valence-corrected chi connectivity index (χ3v) is 4.69. The fourth-order valence-electron chi connectivity index (χ4n) is 3.13. The lowest BCUT2D eigenvalue weighted by Crippen LogP contribution is -2.49. The van der Waals surface area contributed by atoms with Crippen molar-refractivity contribution in [2.75, 3.05) is 36.8 Å². The van der Waals surface area contributed by atoms with Crippen LogP contribution in [0.4, 0.5) is 11.4 Å². The number of hydrazine groups is 1. The van der Waals surface area contributed by atoms with Crippen LogP contribution in [0.5, 0.6) is 0 Å². The molecule has 5 N–H and O–H groups in total. The van der Waals surface area contributed by atoms with Gasteiger partial charge in [-0.05, 0) is 48.9 Å². The number of rotatable bonds is 2. The van der Waals surface area contributed by atoms with Crippen molar-refractivity contribution in [3.05, 3.63) is 42.0 Å². The maximum Gasteiger partial charge on any atom is 0.138 e. The average Bonchev–Trinajstić information content (AvgIpc) is 3.01. The van der Waals surface area contributed by atoms with Crippen LogP contribution in [0, 0.1) is 6.92 Å². The predicted molar refractivity (Wildman–Crippen MR) is 98.7 cm³/mol. The van der Waals surface area contributed by atoms with E-state index >= 15 is 0 Å². The fraction of sp³-hybridized carbons (Fsp3) is 0.278. The molecule has 1 fully saturated rings. The number of hydrogen-bond acceptors (Lipinski definition) is 5. The van der Waals surface area contributed by atoms with Gasteiger partial charge in [0.1, 0.15) is 5.82 Å². The number of aromatic nitrogens is 2. The van der Waals surface area contributed by atoms with Gasteiger partial charge >= 0.3 is 0 Å². The third-order valence-electron chi connectivity index (χ3n) is 4.69. The van der Waals surface area contributed by atoms with E-state index in [1.165, 1.54) is 5.69 Å². The SMILES string of the molecule is Cc1cc(-c2nc3ccc(N4CCN(N)CC4)cc3[nH]2)ccc1N. The van der Waals surface area contributed by atoms with Crippen molar-refractivity contribution in [3.8, 4) is 11.4 Å². The lowest BCUT2D eigenvalue weighted by Gasteiger charge is -2.33. The maximum absolute atomic E-state index is 5.91. The van der Waals surface area contributed by atoms with E-state index in [4.69, 9.17) is 16.6 Å². The third kappa shape index (κ3) is 2.70. The molecule has 0 saturated carbocycles. The summed E-state index contributed by atoms with van der Waals surface area (Å²) in [5, 5.41) is 1.87. The maximum atomic E-state index is 5.91. The lowest BCUT2D eigenvalue weighted by molar-refractivity contribution is 0.266. The molecule has 0 spiro atoms. The van der Waals surface area contributed by atoms with E-state index in [1.807, 2.05) is 24.1 Å². The van der Waals surface area contributed by atoms with Crippen LogP contribution in [0.25, 0.3) is 22.4 Å². The lowest BCUT2D eigenvalue weighted by atomic mass is 10.1. The average molecular weight is 322 g/mol. The number of aromatic amines is 1. The van der Waals surface area contributed by atoms with Gasteiger partial charge in [-0.15, -0.1) is 0 Å². The molecule has 2 aromatic carbocycles. The number of imidazole rings is 1. The van der Waals surface area contributed by atoms with Crippen LogP contribution in [0.3, 0.4) is 0 Å². The zero-order chi connectivity index (χ0) is 16.7. The molecule has 2 heterocycles. The molecular formula is C18H22N6. The van der Waals surface area contributed by atoms with Gasteiger partial charge in [0.15, 0.2) is 0 Å². The van der Waals surface area contributed by atoms with Crippen LogP contribution in [0.1, 0.15) is 5.56 Å². The molecule has 6 heteroatoms. The largest absolute Gasteiger partial charge is 0.399 e. The van der Waals surface area contributed by atoms with Gasteiger partial charge in [0, 0.05) is 43.1 Å². The summed E-state index contributed by atoms with van der Waals surface area (Å²) >= 11 is 0. The molecular weight excluding hydrogens is 300 g/mol. The number of H-pyrrole nitrogens is 1. The summed E-state index contributed by atoms with van der Waals surface area (Å²) in [5.74, 6) is 6.71. The summed E-state index contributed by atoms with van der Waals surface area (Å²) < 4.78 is 0. The van der Waals surface area contributed by atoms with Crippen molar-refractivity contribution in [1.29, 1.82) is 0 Å². The second kappa shape index (κ2) is 5.81. The number of benzene rings is 2. The second-order valence-corrected chi connectivity index (χ2v) is 6.38. The second-order valence-electron chi connectivity index (χ2n) is 6.38. The standard InChI is InChI=1S/C18H22N6/c1-12-10-13(2-4-15(12)19)18-21-16-5-3-14(11-17(16)22-18)23-6-8-24(20)9-7-23/h2-5,10-11H,6-9,19-20H2,1H3,(H,21,22). The first-order chi connectivity index (χ1) is 11.6. The molecule has 0 amide bonds. The monoisotopic (exact) mass is 322 g/mol. The number of aryl methyl sites for hydroxylation is 1. The van der Waals surface area contributed by atoms with Gasteiger partial charge in [0.2, 0.25) is 0 Å². The Bertz CT molecular complexity index is 876. The topological polar surface area (TPSA) is 87.2 Å². The Labute approximate surface area is 141 Å². The van der Waals surface area contributed by atoms with E-state index < -0.39 is 0 Å². The molecule has 24 heavy (non-hydrogen) atoms. The number of nitrogens with one attached hydrogen (secondary N) is 1. The van der Waals surface area contributed by atoms with Crippen molar-refractivity contribution in [2.24, 2.45) is 5.84 Å². The Hall–Kier alpha value is -2.57. The molecule has 3 aromatic rings. The number of piperazine rings is 1. The molecule has 0 unspecified atom stereocenters. The van der Waals surface area contributed by atoms with E-state index in [0.29, 0.717) is 0 Å². The molecule has 4 rings (SSSR count). The van der Waals surface area contributed by atoms with Gasteiger partial charge in [0.05, 0.1) is 11.0 Å². The summed E-state index contributed by atoms with van der Waals surface area (Å²) in [6, 6.07) is 12.4. The Morgan fingerprint density at radius 1 is 1.04 bits per heavy atom. The molecule has 0 radical (unpaired) electrons. The summed E-state index contributed by atoms with van der Waals surface area (Å²) in [5.41, 5.74) is 12.1. The molecule has 1 aromatic heterocycles. The van der Waals surface area contributed by atoms with Crippen molar-refractivity contribution in [3.63, 3.8) is 0 Å². The van der Waals surface area contributed by atoms with Crippen LogP contribution in [0.15, 0.2) is 36.4 Å². The van der Waals surface area contributed by atoms with Gasteiger partial charge in [-0.25, -0.2) is 9.99 Å². The highest BCUT2D eigenvalue weighted by Gasteiger charge is 2.15. The smallest absolute Gasteiger partial charge is 0.138 e. The van der Waals surface area contributed by atoms with Gasteiger partial charge in [-0.2, -0.15) is 0 Å². The van der Waals surface area contributed by atoms with Crippen molar-refractivity contribution in [1.82, 2.24) is 15.0 Å². The number of hydrogen-bond donors (Lipinski definition) is 3. The van der Waals surface area contributed by atoms with Gasteiger partial charge in [0.25, 0.3) is 0 Å².